The van der Waals surface area contributed by atoms with Gasteiger partial charge in [-0.05, 0) is 18.1 Å². The predicted molar refractivity (Wildman–Crippen MR) is 72.0 cm³/mol. The Bertz CT molecular complexity index is 585. The Kier molecular flexibility index (Phi) is 4.10. The Labute approximate surface area is 126 Å². The molecule has 0 saturated carbocycles. The van der Waals surface area contributed by atoms with Crippen molar-refractivity contribution in [1.29, 1.82) is 0 Å². The molecule has 7 nitrogen and oxygen atoms in total. The summed E-state index contributed by atoms with van der Waals surface area (Å²) >= 11 is 0. The highest BCUT2D eigenvalue weighted by atomic mass is 16.7. The zero-order chi connectivity index (χ0) is 15.7. The summed E-state index contributed by atoms with van der Waals surface area (Å²) < 4.78 is 16.0. The van der Waals surface area contributed by atoms with Crippen LogP contribution in [-0.2, 0) is 25.5 Å². The molecule has 0 spiro atoms. The summed E-state index contributed by atoms with van der Waals surface area (Å²) in [7, 11) is 0. The summed E-state index contributed by atoms with van der Waals surface area (Å²) in [6.45, 7) is -0.639. The van der Waals surface area contributed by atoms with E-state index in [2.05, 4.69) is 0 Å². The Morgan fingerprint density at radius 1 is 1.27 bits per heavy atom. The summed E-state index contributed by atoms with van der Waals surface area (Å²) in [5.41, 5.74) is 1.04. The van der Waals surface area contributed by atoms with Crippen molar-refractivity contribution in [3.63, 3.8) is 0 Å². The molecule has 2 aliphatic rings. The molecule has 118 valence electrons. The summed E-state index contributed by atoms with van der Waals surface area (Å²) in [4.78, 5) is 23.2. The molecule has 0 bridgehead atoms. The van der Waals surface area contributed by atoms with Crippen molar-refractivity contribution in [2.24, 2.45) is 0 Å². The van der Waals surface area contributed by atoms with E-state index in [1.807, 2.05) is 18.2 Å². The number of benzene rings is 1. The number of Topliss-reactive ketones (excluding diaryl/α,β-unsaturated/α-hetero) is 1. The van der Waals surface area contributed by atoms with Gasteiger partial charge in [0.2, 0.25) is 6.29 Å². The van der Waals surface area contributed by atoms with Gasteiger partial charge in [-0.3, -0.25) is 4.79 Å². The Morgan fingerprint density at radius 2 is 2.05 bits per heavy atom. The van der Waals surface area contributed by atoms with E-state index >= 15 is 0 Å². The number of rotatable bonds is 4. The summed E-state index contributed by atoms with van der Waals surface area (Å²) in [6, 6.07) is 7.47. The second-order valence-corrected chi connectivity index (χ2v) is 5.23. The van der Waals surface area contributed by atoms with Gasteiger partial charge in [0, 0.05) is 6.42 Å². The maximum absolute atomic E-state index is 11.8. The third-order valence-corrected chi connectivity index (χ3v) is 3.75. The molecule has 0 aliphatic carbocycles. The Hall–Kier alpha value is -1.96. The van der Waals surface area contributed by atoms with Crippen LogP contribution in [0.4, 0.5) is 0 Å². The van der Waals surface area contributed by atoms with E-state index in [0.29, 0.717) is 18.6 Å². The number of fused-ring (bicyclic) bond motifs is 1. The van der Waals surface area contributed by atoms with Gasteiger partial charge in [-0.1, -0.05) is 18.2 Å². The molecule has 2 unspecified atom stereocenters. The zero-order valence-electron chi connectivity index (χ0n) is 11.7. The van der Waals surface area contributed by atoms with Crippen molar-refractivity contribution in [3.8, 4) is 5.75 Å². The minimum absolute atomic E-state index is 0.511. The van der Waals surface area contributed by atoms with Gasteiger partial charge in [0.25, 0.3) is 5.78 Å². The van der Waals surface area contributed by atoms with Crippen LogP contribution in [-0.4, -0.2) is 53.2 Å². The van der Waals surface area contributed by atoms with E-state index < -0.39 is 43.0 Å². The van der Waals surface area contributed by atoms with Crippen LogP contribution in [0.15, 0.2) is 24.3 Å². The minimum Gasteiger partial charge on any atom is -0.465 e. The normalized spacial score (nSPS) is 28.7. The lowest BCUT2D eigenvalue weighted by molar-refractivity contribution is -0.169. The SMILES string of the molecule is O=C1O[C@H]([C@@H](O)CO)C(OC2CCc3ccccc3O2)C1=O. The van der Waals surface area contributed by atoms with Gasteiger partial charge in [0.05, 0.1) is 6.61 Å². The number of cyclic esters (lactones) is 1. The van der Waals surface area contributed by atoms with Gasteiger partial charge in [0.1, 0.15) is 11.9 Å². The Balaban J connectivity index is 1.72. The molecular formula is C15H16O7. The Morgan fingerprint density at radius 3 is 2.82 bits per heavy atom. The predicted octanol–water partition coefficient (Wildman–Crippen LogP) is -0.429. The molecule has 22 heavy (non-hydrogen) atoms. The largest absolute Gasteiger partial charge is 0.465 e. The zero-order valence-corrected chi connectivity index (χ0v) is 11.7. The number of para-hydroxylation sites is 1. The number of carbonyl (C=O) groups excluding carboxylic acids is 2. The van der Waals surface area contributed by atoms with Gasteiger partial charge in [0.15, 0.2) is 12.2 Å². The monoisotopic (exact) mass is 308 g/mol. The van der Waals surface area contributed by atoms with E-state index in [1.54, 1.807) is 6.07 Å². The molecule has 3 rings (SSSR count). The molecule has 1 fully saturated rings. The third-order valence-electron chi connectivity index (χ3n) is 3.75. The van der Waals surface area contributed by atoms with Crippen molar-refractivity contribution >= 4 is 11.8 Å². The number of aryl methyl sites for hydroxylation is 1. The van der Waals surface area contributed by atoms with Gasteiger partial charge in [-0.25, -0.2) is 4.79 Å². The highest BCUT2D eigenvalue weighted by Gasteiger charge is 2.49. The van der Waals surface area contributed by atoms with Crippen LogP contribution in [0.1, 0.15) is 12.0 Å². The van der Waals surface area contributed by atoms with Gasteiger partial charge < -0.3 is 24.4 Å². The fourth-order valence-corrected chi connectivity index (χ4v) is 2.59. The first-order valence-electron chi connectivity index (χ1n) is 7.04. The van der Waals surface area contributed by atoms with E-state index in [1.165, 1.54) is 0 Å². The van der Waals surface area contributed by atoms with Crippen LogP contribution in [0, 0.1) is 0 Å². The van der Waals surface area contributed by atoms with Gasteiger partial charge in [-0.2, -0.15) is 0 Å². The van der Waals surface area contributed by atoms with Crippen LogP contribution in [0.2, 0.25) is 0 Å². The molecular weight excluding hydrogens is 292 g/mol. The molecule has 2 aliphatic heterocycles. The molecule has 1 aromatic rings. The molecule has 7 heteroatoms. The van der Waals surface area contributed by atoms with Crippen LogP contribution < -0.4 is 4.74 Å². The highest BCUT2D eigenvalue weighted by molar-refractivity contribution is 6.37. The van der Waals surface area contributed by atoms with E-state index in [-0.39, 0.29) is 0 Å². The van der Waals surface area contributed by atoms with Crippen LogP contribution in [0.3, 0.4) is 0 Å². The number of esters is 1. The smallest absolute Gasteiger partial charge is 0.378 e. The highest BCUT2D eigenvalue weighted by Crippen LogP contribution is 2.29. The second-order valence-electron chi connectivity index (χ2n) is 5.23. The fourth-order valence-electron chi connectivity index (χ4n) is 2.59. The second kappa shape index (κ2) is 6.04. The lowest BCUT2D eigenvalue weighted by atomic mass is 10.0. The summed E-state index contributed by atoms with van der Waals surface area (Å²) in [5.74, 6) is -1.28. The van der Waals surface area contributed by atoms with Crippen LogP contribution in [0.25, 0.3) is 0 Å². The van der Waals surface area contributed by atoms with Gasteiger partial charge >= 0.3 is 5.97 Å². The van der Waals surface area contributed by atoms with Gasteiger partial charge in [-0.15, -0.1) is 0 Å². The molecule has 1 aromatic carbocycles. The standard InChI is InChI=1S/C15H16O7/c16-7-9(17)13-14(12(18)15(19)22-13)21-11-6-5-8-3-1-2-4-10(8)20-11/h1-4,9,11,13-14,16-17H,5-7H2/t9-,11?,13+,14?/m0/s1. The first-order chi connectivity index (χ1) is 10.6. The number of aliphatic hydroxyl groups is 2. The number of ketones is 1. The van der Waals surface area contributed by atoms with Crippen LogP contribution in [0.5, 0.6) is 5.75 Å². The molecule has 1 saturated heterocycles. The number of aliphatic hydroxyl groups excluding tert-OH is 2. The average molecular weight is 308 g/mol. The molecule has 4 atom stereocenters. The maximum atomic E-state index is 11.8. The molecule has 0 aromatic heterocycles. The third kappa shape index (κ3) is 2.70. The first kappa shape index (κ1) is 15.0. The average Bonchev–Trinajstić information content (AvgIpc) is 2.82. The minimum atomic E-state index is -1.38. The van der Waals surface area contributed by atoms with E-state index in [4.69, 9.17) is 19.3 Å². The van der Waals surface area contributed by atoms with Crippen molar-refractivity contribution in [2.45, 2.75) is 37.4 Å². The summed E-state index contributed by atoms with van der Waals surface area (Å²) in [6.07, 6.45) is -3.36. The van der Waals surface area contributed by atoms with Crippen molar-refractivity contribution in [3.05, 3.63) is 29.8 Å². The van der Waals surface area contributed by atoms with Crippen molar-refractivity contribution in [2.75, 3.05) is 6.61 Å². The van der Waals surface area contributed by atoms with Crippen molar-refractivity contribution in [1.82, 2.24) is 0 Å². The lowest BCUT2D eigenvalue weighted by Crippen LogP contribution is -2.44. The van der Waals surface area contributed by atoms with E-state index in [9.17, 15) is 14.7 Å². The first-order valence-corrected chi connectivity index (χ1v) is 7.04. The lowest BCUT2D eigenvalue weighted by Gasteiger charge is -2.29. The number of hydrogen-bond donors (Lipinski definition) is 2. The van der Waals surface area contributed by atoms with Crippen molar-refractivity contribution < 1.29 is 34.0 Å². The number of carbonyl (C=O) groups is 2. The fraction of sp³-hybridized carbons (Fsp3) is 0.467. The molecule has 2 N–H and O–H groups in total. The molecule has 2 heterocycles. The van der Waals surface area contributed by atoms with Crippen LogP contribution >= 0.6 is 0 Å². The quantitative estimate of drug-likeness (QED) is 0.575. The topological polar surface area (TPSA) is 102 Å². The molecule has 0 radical (unpaired) electrons. The number of ether oxygens (including phenoxy) is 3. The van der Waals surface area contributed by atoms with E-state index in [0.717, 1.165) is 5.56 Å². The maximum Gasteiger partial charge on any atom is 0.378 e. The molecule has 0 amide bonds. The number of hydrogen-bond acceptors (Lipinski definition) is 7. The summed E-state index contributed by atoms with van der Waals surface area (Å²) in [5, 5.41) is 18.6.